The lowest BCUT2D eigenvalue weighted by molar-refractivity contribution is -0.134. The predicted molar refractivity (Wildman–Crippen MR) is 89.1 cm³/mol. The van der Waals surface area contributed by atoms with E-state index in [-0.39, 0.29) is 31.0 Å². The van der Waals surface area contributed by atoms with Crippen molar-refractivity contribution in [3.8, 4) is 0 Å². The fourth-order valence-electron chi connectivity index (χ4n) is 3.27. The Kier molecular flexibility index (Phi) is 4.80. The van der Waals surface area contributed by atoms with Crippen molar-refractivity contribution < 1.29 is 14.7 Å². The number of para-hydroxylation sites is 2. The first-order valence-electron chi connectivity index (χ1n) is 8.18. The summed E-state index contributed by atoms with van der Waals surface area (Å²) in [5.41, 5.74) is 1.61. The molecule has 2 amide bonds. The summed E-state index contributed by atoms with van der Waals surface area (Å²) >= 11 is 0. The lowest BCUT2D eigenvalue weighted by atomic mass is 10.1. The van der Waals surface area contributed by atoms with Crippen molar-refractivity contribution in [3.05, 3.63) is 30.1 Å². The maximum atomic E-state index is 12.7. The average molecular weight is 330 g/mol. The van der Waals surface area contributed by atoms with Crippen molar-refractivity contribution in [2.75, 3.05) is 13.1 Å². The van der Waals surface area contributed by atoms with E-state index in [0.29, 0.717) is 18.9 Å². The first-order chi connectivity index (χ1) is 11.6. The third-order valence-electron chi connectivity index (χ3n) is 4.35. The maximum absolute atomic E-state index is 12.7. The molecule has 1 fully saturated rings. The number of carbonyl (C=O) groups excluding carboxylic acids is 2. The van der Waals surface area contributed by atoms with Crippen LogP contribution in [0.3, 0.4) is 0 Å². The van der Waals surface area contributed by atoms with Crippen LogP contribution in [0.25, 0.3) is 11.0 Å². The number of aliphatic hydroxyl groups is 1. The first-order valence-corrected chi connectivity index (χ1v) is 8.18. The van der Waals surface area contributed by atoms with Crippen molar-refractivity contribution in [2.24, 2.45) is 0 Å². The Labute approximate surface area is 140 Å². The highest BCUT2D eigenvalue weighted by Gasteiger charge is 2.25. The van der Waals surface area contributed by atoms with Crippen LogP contribution in [-0.4, -0.2) is 50.5 Å². The summed E-state index contributed by atoms with van der Waals surface area (Å²) in [7, 11) is 0. The number of aromatic nitrogens is 2. The van der Waals surface area contributed by atoms with Crippen LogP contribution in [0.4, 0.5) is 0 Å². The highest BCUT2D eigenvalue weighted by atomic mass is 16.3. The van der Waals surface area contributed by atoms with E-state index in [2.05, 4.69) is 10.3 Å². The fraction of sp³-hybridized carbons (Fsp3) is 0.471. The molecule has 1 aromatic carbocycles. The van der Waals surface area contributed by atoms with Gasteiger partial charge in [-0.3, -0.25) is 9.59 Å². The van der Waals surface area contributed by atoms with Gasteiger partial charge in [0.2, 0.25) is 11.8 Å². The zero-order valence-corrected chi connectivity index (χ0v) is 13.7. The summed E-state index contributed by atoms with van der Waals surface area (Å²) in [6.45, 7) is 2.64. The number of hydrogen-bond donors (Lipinski definition) is 2. The minimum Gasteiger partial charge on any atom is -0.388 e. The van der Waals surface area contributed by atoms with Gasteiger partial charge in [0.15, 0.2) is 0 Å². The zero-order valence-electron chi connectivity index (χ0n) is 13.7. The molecule has 1 saturated heterocycles. The predicted octanol–water partition coefficient (Wildman–Crippen LogP) is 0.656. The molecule has 1 aromatic heterocycles. The summed E-state index contributed by atoms with van der Waals surface area (Å²) in [5.74, 6) is 0.389. The van der Waals surface area contributed by atoms with Gasteiger partial charge in [0.05, 0.1) is 11.0 Å². The Morgan fingerprint density at radius 1 is 1.38 bits per heavy atom. The second kappa shape index (κ2) is 7.00. The Balaban J connectivity index is 1.76. The minimum absolute atomic E-state index is 0.0112. The van der Waals surface area contributed by atoms with Gasteiger partial charge in [0.1, 0.15) is 19.0 Å². The van der Waals surface area contributed by atoms with Gasteiger partial charge in [-0.2, -0.15) is 0 Å². The molecule has 2 heterocycles. The molecule has 1 unspecified atom stereocenters. The molecule has 1 atom stereocenters. The van der Waals surface area contributed by atoms with Crippen LogP contribution in [-0.2, 0) is 22.7 Å². The van der Waals surface area contributed by atoms with Gasteiger partial charge in [-0.15, -0.1) is 0 Å². The molecule has 7 nitrogen and oxygen atoms in total. The second-order valence-electron chi connectivity index (χ2n) is 6.14. The minimum atomic E-state index is -0.212. The molecular weight excluding hydrogens is 308 g/mol. The Hall–Kier alpha value is -2.41. The van der Waals surface area contributed by atoms with Crippen LogP contribution in [0.1, 0.15) is 25.6 Å². The van der Waals surface area contributed by atoms with Crippen LogP contribution in [0.2, 0.25) is 0 Å². The van der Waals surface area contributed by atoms with Crippen molar-refractivity contribution in [3.63, 3.8) is 0 Å². The molecule has 0 radical (unpaired) electrons. The normalized spacial score (nSPS) is 17.9. The Morgan fingerprint density at radius 3 is 2.92 bits per heavy atom. The molecule has 7 heteroatoms. The molecule has 0 spiro atoms. The number of fused-ring (bicyclic) bond motifs is 1. The van der Waals surface area contributed by atoms with Crippen LogP contribution in [0.15, 0.2) is 24.3 Å². The smallest absolute Gasteiger partial charge is 0.242 e. The first kappa shape index (κ1) is 16.4. The third-order valence-corrected chi connectivity index (χ3v) is 4.35. The van der Waals surface area contributed by atoms with Gasteiger partial charge >= 0.3 is 0 Å². The molecule has 2 aromatic rings. The molecule has 1 aliphatic rings. The molecule has 0 bridgehead atoms. The lowest BCUT2D eigenvalue weighted by Gasteiger charge is -2.33. The number of hydrogen-bond acceptors (Lipinski definition) is 4. The van der Waals surface area contributed by atoms with Crippen molar-refractivity contribution in [1.29, 1.82) is 0 Å². The van der Waals surface area contributed by atoms with Crippen LogP contribution in [0, 0.1) is 0 Å². The molecule has 0 saturated carbocycles. The van der Waals surface area contributed by atoms with Gasteiger partial charge in [0.25, 0.3) is 0 Å². The average Bonchev–Trinajstić information content (AvgIpc) is 2.92. The van der Waals surface area contributed by atoms with Crippen molar-refractivity contribution in [2.45, 2.75) is 39.0 Å². The van der Waals surface area contributed by atoms with Gasteiger partial charge in [0, 0.05) is 26.1 Å². The Bertz CT molecular complexity index is 755. The van der Waals surface area contributed by atoms with E-state index < -0.39 is 0 Å². The number of amides is 2. The highest BCUT2D eigenvalue weighted by molar-refractivity contribution is 5.81. The maximum Gasteiger partial charge on any atom is 0.242 e. The molecular formula is C17H22N4O3. The second-order valence-corrected chi connectivity index (χ2v) is 6.14. The van der Waals surface area contributed by atoms with Crippen LogP contribution in [0.5, 0.6) is 0 Å². The topological polar surface area (TPSA) is 87.5 Å². The number of likely N-dealkylation sites (tertiary alicyclic amines) is 1. The van der Waals surface area contributed by atoms with Gasteiger partial charge in [-0.25, -0.2) is 4.98 Å². The molecule has 0 aliphatic carbocycles. The largest absolute Gasteiger partial charge is 0.388 e. The Morgan fingerprint density at radius 2 is 2.17 bits per heavy atom. The molecule has 2 N–H and O–H groups in total. The quantitative estimate of drug-likeness (QED) is 0.862. The fourth-order valence-corrected chi connectivity index (χ4v) is 3.27. The van der Waals surface area contributed by atoms with Crippen LogP contribution < -0.4 is 5.32 Å². The molecule has 128 valence electrons. The van der Waals surface area contributed by atoms with Gasteiger partial charge in [-0.1, -0.05) is 12.1 Å². The summed E-state index contributed by atoms with van der Waals surface area (Å²) in [4.78, 5) is 30.1. The summed E-state index contributed by atoms with van der Waals surface area (Å²) in [6, 6.07) is 7.54. The van der Waals surface area contributed by atoms with Gasteiger partial charge in [-0.05, 0) is 25.0 Å². The third kappa shape index (κ3) is 3.41. The van der Waals surface area contributed by atoms with Crippen LogP contribution >= 0.6 is 0 Å². The molecule has 3 rings (SSSR count). The van der Waals surface area contributed by atoms with Crippen molar-refractivity contribution >= 4 is 22.8 Å². The SMILES string of the molecule is CC(=O)NC1CCCN(C(=O)Cn2c(CO)nc3ccccc32)C1. The number of imidazole rings is 1. The van der Waals surface area contributed by atoms with E-state index in [4.69, 9.17) is 0 Å². The lowest BCUT2D eigenvalue weighted by Crippen LogP contribution is -2.49. The number of rotatable bonds is 4. The zero-order chi connectivity index (χ0) is 17.1. The number of piperidine rings is 1. The van der Waals surface area contributed by atoms with E-state index in [1.54, 1.807) is 9.47 Å². The number of aliphatic hydroxyl groups excluding tert-OH is 1. The van der Waals surface area contributed by atoms with E-state index >= 15 is 0 Å². The number of nitrogens with zero attached hydrogens (tertiary/aromatic N) is 3. The number of benzene rings is 1. The molecule has 24 heavy (non-hydrogen) atoms. The monoisotopic (exact) mass is 330 g/mol. The molecule has 1 aliphatic heterocycles. The van der Waals surface area contributed by atoms with E-state index in [9.17, 15) is 14.7 Å². The summed E-state index contributed by atoms with van der Waals surface area (Å²) in [6.07, 6.45) is 1.76. The number of carbonyl (C=O) groups is 2. The number of nitrogens with one attached hydrogen (secondary N) is 1. The van der Waals surface area contributed by atoms with Crippen molar-refractivity contribution in [1.82, 2.24) is 19.8 Å². The van der Waals surface area contributed by atoms with Gasteiger partial charge < -0.3 is 19.9 Å². The van der Waals surface area contributed by atoms with E-state index in [1.807, 2.05) is 24.3 Å². The standard InChI is InChI=1S/C17H22N4O3/c1-12(23)18-13-5-4-8-20(9-13)17(24)10-21-15-7-3-2-6-14(15)19-16(21)11-22/h2-3,6-7,13,22H,4-5,8-11H2,1H3,(H,18,23). The van der Waals surface area contributed by atoms with E-state index in [0.717, 1.165) is 23.9 Å². The summed E-state index contributed by atoms with van der Waals surface area (Å²) in [5, 5.41) is 12.4. The highest BCUT2D eigenvalue weighted by Crippen LogP contribution is 2.17. The van der Waals surface area contributed by atoms with E-state index in [1.165, 1.54) is 6.92 Å². The summed E-state index contributed by atoms with van der Waals surface area (Å²) < 4.78 is 1.76.